The maximum Gasteiger partial charge on any atom is 0.265 e. The lowest BCUT2D eigenvalue weighted by Gasteiger charge is -2.26. The Morgan fingerprint density at radius 1 is 0.978 bits per heavy atom. The number of carbonyl (C=O) groups is 2. The lowest BCUT2D eigenvalue weighted by molar-refractivity contribution is 0.0322. The molecule has 45 heavy (non-hydrogen) atoms. The van der Waals surface area contributed by atoms with E-state index in [9.17, 15) is 18.0 Å². The Labute approximate surface area is 268 Å². The van der Waals surface area contributed by atoms with Gasteiger partial charge in [0.05, 0.1) is 29.4 Å². The van der Waals surface area contributed by atoms with Gasteiger partial charge in [-0.25, -0.2) is 13.1 Å². The number of amides is 1. The SMILES string of the molecule is Cc1cc(C(=O)c2ccccc2OCCN2CCOCC2)n(C/C=C/c2ccc(Cl)cc2C(=O)NS(=O)(=O)c2ccccc2)c1. The maximum atomic E-state index is 13.8. The second-order valence-corrected chi connectivity index (χ2v) is 12.7. The van der Waals surface area contributed by atoms with E-state index >= 15 is 0 Å². The third-order valence-electron chi connectivity index (χ3n) is 7.31. The van der Waals surface area contributed by atoms with E-state index in [1.54, 1.807) is 54.6 Å². The van der Waals surface area contributed by atoms with Gasteiger partial charge >= 0.3 is 0 Å². The summed E-state index contributed by atoms with van der Waals surface area (Å²) in [6, 6.07) is 21.4. The highest BCUT2D eigenvalue weighted by molar-refractivity contribution is 7.90. The maximum absolute atomic E-state index is 13.8. The molecule has 0 radical (unpaired) electrons. The van der Waals surface area contributed by atoms with Crippen molar-refractivity contribution in [3.05, 3.63) is 124 Å². The van der Waals surface area contributed by atoms with Crippen LogP contribution < -0.4 is 9.46 Å². The van der Waals surface area contributed by atoms with E-state index in [2.05, 4.69) is 9.62 Å². The van der Waals surface area contributed by atoms with Gasteiger partial charge in [0, 0.05) is 43.0 Å². The summed E-state index contributed by atoms with van der Waals surface area (Å²) in [4.78, 5) is 29.1. The summed E-state index contributed by atoms with van der Waals surface area (Å²) < 4.78 is 40.9. The first kappa shape index (κ1) is 32.2. The molecule has 11 heteroatoms. The van der Waals surface area contributed by atoms with Crippen molar-refractivity contribution in [3.8, 4) is 5.75 Å². The molecular weight excluding hydrogens is 614 g/mol. The zero-order valence-corrected chi connectivity index (χ0v) is 26.4. The number of morpholine rings is 1. The fraction of sp³-hybridized carbons (Fsp3) is 0.235. The van der Waals surface area contributed by atoms with Crippen molar-refractivity contribution in [2.24, 2.45) is 0 Å². The number of ketones is 1. The smallest absolute Gasteiger partial charge is 0.265 e. The highest BCUT2D eigenvalue weighted by Gasteiger charge is 2.21. The van der Waals surface area contributed by atoms with Gasteiger partial charge in [-0.2, -0.15) is 0 Å². The molecule has 0 saturated carbocycles. The lowest BCUT2D eigenvalue weighted by Crippen LogP contribution is -2.38. The average Bonchev–Trinajstić information content (AvgIpc) is 3.42. The Bertz CT molecular complexity index is 1800. The van der Waals surface area contributed by atoms with E-state index in [-0.39, 0.29) is 21.3 Å². The number of ether oxygens (including phenoxy) is 2. The molecule has 1 fully saturated rings. The van der Waals surface area contributed by atoms with Gasteiger partial charge in [0.2, 0.25) is 5.78 Å². The zero-order chi connectivity index (χ0) is 31.8. The molecule has 1 aromatic heterocycles. The normalized spacial score (nSPS) is 14.0. The van der Waals surface area contributed by atoms with E-state index in [4.69, 9.17) is 21.1 Å². The van der Waals surface area contributed by atoms with E-state index in [0.717, 1.165) is 25.2 Å². The van der Waals surface area contributed by atoms with Crippen molar-refractivity contribution >= 4 is 39.4 Å². The van der Waals surface area contributed by atoms with Gasteiger partial charge in [0.1, 0.15) is 12.4 Å². The summed E-state index contributed by atoms with van der Waals surface area (Å²) in [5, 5.41) is 0.286. The number of aromatic nitrogens is 1. The third kappa shape index (κ3) is 8.29. The van der Waals surface area contributed by atoms with Gasteiger partial charge in [-0.05, 0) is 60.5 Å². The molecule has 9 nitrogen and oxygen atoms in total. The van der Waals surface area contributed by atoms with Crippen molar-refractivity contribution in [1.29, 1.82) is 0 Å². The minimum Gasteiger partial charge on any atom is -0.491 e. The number of rotatable bonds is 12. The first-order chi connectivity index (χ1) is 21.7. The molecule has 4 aromatic rings. The molecule has 0 unspecified atom stereocenters. The summed E-state index contributed by atoms with van der Waals surface area (Å²) in [5.74, 6) is -0.450. The molecule has 1 aliphatic heterocycles. The van der Waals surface area contributed by atoms with Crippen molar-refractivity contribution in [3.63, 3.8) is 0 Å². The van der Waals surface area contributed by atoms with Crippen LogP contribution in [-0.4, -0.2) is 69.0 Å². The Morgan fingerprint density at radius 2 is 1.71 bits per heavy atom. The second-order valence-electron chi connectivity index (χ2n) is 10.6. The third-order valence-corrected chi connectivity index (χ3v) is 8.89. The first-order valence-corrected chi connectivity index (χ1v) is 16.4. The molecule has 0 atom stereocenters. The molecule has 1 saturated heterocycles. The summed E-state index contributed by atoms with van der Waals surface area (Å²) in [7, 11) is -4.08. The fourth-order valence-electron chi connectivity index (χ4n) is 5.03. The van der Waals surface area contributed by atoms with Gasteiger partial charge in [0.15, 0.2) is 0 Å². The molecule has 234 valence electrons. The summed E-state index contributed by atoms with van der Waals surface area (Å²) in [6.07, 6.45) is 5.38. The van der Waals surface area contributed by atoms with Crippen LogP contribution in [0.5, 0.6) is 5.75 Å². The molecule has 0 bridgehead atoms. The highest BCUT2D eigenvalue weighted by atomic mass is 35.5. The number of allylic oxidation sites excluding steroid dienone is 1. The monoisotopic (exact) mass is 647 g/mol. The fourth-order valence-corrected chi connectivity index (χ4v) is 6.18. The topological polar surface area (TPSA) is 107 Å². The van der Waals surface area contributed by atoms with Crippen LogP contribution in [0, 0.1) is 6.92 Å². The number of carbonyl (C=O) groups excluding carboxylic acids is 2. The van der Waals surface area contributed by atoms with Gasteiger partial charge in [-0.15, -0.1) is 0 Å². The predicted molar refractivity (Wildman–Crippen MR) is 173 cm³/mol. The minimum atomic E-state index is -4.08. The lowest BCUT2D eigenvalue weighted by atomic mass is 10.1. The van der Waals surface area contributed by atoms with Crippen LogP contribution >= 0.6 is 11.6 Å². The Kier molecular flexibility index (Phi) is 10.5. The molecule has 0 aliphatic carbocycles. The molecule has 0 spiro atoms. The van der Waals surface area contributed by atoms with Gasteiger partial charge < -0.3 is 14.0 Å². The quantitative estimate of drug-likeness (QED) is 0.210. The second kappa shape index (κ2) is 14.7. The minimum absolute atomic E-state index is 0.0262. The molecule has 5 rings (SSSR count). The van der Waals surface area contributed by atoms with E-state index in [1.165, 1.54) is 18.2 Å². The van der Waals surface area contributed by atoms with Gasteiger partial charge in [-0.3, -0.25) is 14.5 Å². The number of hydrogen-bond donors (Lipinski definition) is 1. The number of benzene rings is 3. The summed E-state index contributed by atoms with van der Waals surface area (Å²) in [5.41, 5.74) is 2.44. The number of sulfonamides is 1. The number of halogens is 1. The van der Waals surface area contributed by atoms with Gasteiger partial charge in [-0.1, -0.05) is 60.2 Å². The molecule has 1 amide bonds. The highest BCUT2D eigenvalue weighted by Crippen LogP contribution is 2.24. The Morgan fingerprint density at radius 3 is 2.49 bits per heavy atom. The number of nitrogens with zero attached hydrogens (tertiary/aromatic N) is 2. The van der Waals surface area contributed by atoms with E-state index in [1.807, 2.05) is 35.9 Å². The van der Waals surface area contributed by atoms with Crippen LogP contribution in [0.15, 0.2) is 96.0 Å². The van der Waals surface area contributed by atoms with Crippen molar-refractivity contribution in [2.45, 2.75) is 18.4 Å². The number of nitrogens with one attached hydrogen (secondary N) is 1. The molecule has 1 N–H and O–H groups in total. The van der Waals surface area contributed by atoms with Crippen LogP contribution in [0.4, 0.5) is 0 Å². The van der Waals surface area contributed by atoms with Crippen LogP contribution in [0.1, 0.15) is 37.5 Å². The molecule has 2 heterocycles. The van der Waals surface area contributed by atoms with E-state index in [0.29, 0.717) is 48.9 Å². The van der Waals surface area contributed by atoms with Crippen molar-refractivity contribution in [2.75, 3.05) is 39.5 Å². The van der Waals surface area contributed by atoms with Crippen LogP contribution in [0.25, 0.3) is 6.08 Å². The molecule has 3 aromatic carbocycles. The summed E-state index contributed by atoms with van der Waals surface area (Å²) in [6.45, 7) is 6.58. The zero-order valence-electron chi connectivity index (χ0n) is 24.8. The molecular formula is C34H34ClN3O6S. The molecule has 1 aliphatic rings. The van der Waals surface area contributed by atoms with Crippen LogP contribution in [0.2, 0.25) is 5.02 Å². The van der Waals surface area contributed by atoms with Crippen molar-refractivity contribution in [1.82, 2.24) is 14.2 Å². The number of para-hydroxylation sites is 1. The van der Waals surface area contributed by atoms with Crippen molar-refractivity contribution < 1.29 is 27.5 Å². The number of aryl methyl sites for hydroxylation is 1. The first-order valence-electron chi connectivity index (χ1n) is 14.5. The predicted octanol–water partition coefficient (Wildman–Crippen LogP) is 5.22. The van der Waals surface area contributed by atoms with Crippen LogP contribution in [-0.2, 0) is 21.3 Å². The number of hydrogen-bond acceptors (Lipinski definition) is 7. The summed E-state index contributed by atoms with van der Waals surface area (Å²) >= 11 is 6.17. The standard InChI is InChI=1S/C34H34ClN3O6S/c1-25-22-31(33(39)29-11-5-6-12-32(29)44-21-18-37-16-19-43-20-17-37)38(24-25)15-7-8-26-13-14-27(35)23-30(26)34(40)36-45(41,42)28-9-3-2-4-10-28/h2-14,22-24H,15-21H2,1H3,(H,36,40)/b8-7+. The van der Waals surface area contributed by atoms with Gasteiger partial charge in [0.25, 0.3) is 15.9 Å². The van der Waals surface area contributed by atoms with E-state index < -0.39 is 15.9 Å². The van der Waals surface area contributed by atoms with Crippen LogP contribution in [0.3, 0.4) is 0 Å². The largest absolute Gasteiger partial charge is 0.491 e. The Balaban J connectivity index is 1.30. The Hall–Kier alpha value is -4.22. The average molecular weight is 648 g/mol.